The van der Waals surface area contributed by atoms with Gasteiger partial charge in [-0.1, -0.05) is 25.1 Å². The molecule has 112 valence electrons. The van der Waals surface area contributed by atoms with E-state index >= 15 is 0 Å². The average molecular weight is 282 g/mol. The van der Waals surface area contributed by atoms with Crippen LogP contribution in [0.4, 0.5) is 0 Å². The van der Waals surface area contributed by atoms with Gasteiger partial charge in [0.25, 0.3) is 0 Å². The second-order valence-corrected chi connectivity index (χ2v) is 5.86. The Bertz CT molecular complexity index is 597. The third-order valence-electron chi connectivity index (χ3n) is 3.99. The van der Waals surface area contributed by atoms with E-state index in [9.17, 15) is 0 Å². The lowest BCUT2D eigenvalue weighted by Crippen LogP contribution is -2.24. The predicted molar refractivity (Wildman–Crippen MR) is 89.8 cm³/mol. The van der Waals surface area contributed by atoms with E-state index in [0.717, 1.165) is 24.4 Å². The molecular formula is C19H26N2. The number of nitrogens with zero attached hydrogens (tertiary/aromatic N) is 1. The van der Waals surface area contributed by atoms with Gasteiger partial charge in [-0.15, -0.1) is 0 Å². The van der Waals surface area contributed by atoms with Gasteiger partial charge in [0.15, 0.2) is 0 Å². The molecule has 0 saturated heterocycles. The van der Waals surface area contributed by atoms with Gasteiger partial charge in [-0.05, 0) is 75.0 Å². The average Bonchev–Trinajstić information content (AvgIpc) is 2.42. The Kier molecular flexibility index (Phi) is 5.13. The Labute approximate surface area is 128 Å². The quantitative estimate of drug-likeness (QED) is 0.879. The molecule has 0 aliphatic carbocycles. The fraction of sp³-hybridized carbons (Fsp3) is 0.421. The molecule has 2 heteroatoms. The number of hydrogen-bond acceptors (Lipinski definition) is 2. The summed E-state index contributed by atoms with van der Waals surface area (Å²) in [7, 11) is 0. The lowest BCUT2D eigenvalue weighted by atomic mass is 9.92. The Balaban J connectivity index is 2.49. The predicted octanol–water partition coefficient (Wildman–Crippen LogP) is 4.40. The minimum atomic E-state index is 0.241. The van der Waals surface area contributed by atoms with Crippen LogP contribution in [-0.2, 0) is 0 Å². The molecule has 2 nitrogen and oxygen atoms in total. The van der Waals surface area contributed by atoms with E-state index in [4.69, 9.17) is 0 Å². The molecule has 1 aromatic carbocycles. The van der Waals surface area contributed by atoms with Crippen LogP contribution >= 0.6 is 0 Å². The van der Waals surface area contributed by atoms with Crippen molar-refractivity contribution in [1.29, 1.82) is 0 Å². The summed E-state index contributed by atoms with van der Waals surface area (Å²) in [5.74, 6) is 0. The first-order chi connectivity index (χ1) is 10.0. The van der Waals surface area contributed by atoms with Crippen molar-refractivity contribution in [3.63, 3.8) is 0 Å². The summed E-state index contributed by atoms with van der Waals surface area (Å²) in [5.41, 5.74) is 7.56. The van der Waals surface area contributed by atoms with Gasteiger partial charge in [0.1, 0.15) is 0 Å². The largest absolute Gasteiger partial charge is 0.306 e. The number of benzene rings is 1. The number of aryl methyl sites for hydroxylation is 3. The summed E-state index contributed by atoms with van der Waals surface area (Å²) in [5, 5.41) is 3.70. The molecule has 0 aliphatic rings. The third kappa shape index (κ3) is 3.70. The van der Waals surface area contributed by atoms with E-state index in [-0.39, 0.29) is 6.04 Å². The van der Waals surface area contributed by atoms with Crippen molar-refractivity contribution in [1.82, 2.24) is 10.3 Å². The van der Waals surface area contributed by atoms with Crippen LogP contribution in [0.25, 0.3) is 0 Å². The van der Waals surface area contributed by atoms with Crippen molar-refractivity contribution in [2.45, 2.75) is 47.1 Å². The standard InChI is InChI=1S/C19H26N2/c1-6-10-20-19(17-11-14(3)21-15(4)12-17)18-9-7-8-13(2)16(18)5/h7-9,11-12,19-20H,6,10H2,1-5H3. The van der Waals surface area contributed by atoms with Crippen molar-refractivity contribution in [3.05, 3.63) is 64.0 Å². The number of aromatic nitrogens is 1. The molecule has 0 amide bonds. The highest BCUT2D eigenvalue weighted by Crippen LogP contribution is 2.27. The second kappa shape index (κ2) is 6.86. The van der Waals surface area contributed by atoms with Gasteiger partial charge in [-0.2, -0.15) is 0 Å². The van der Waals surface area contributed by atoms with E-state index in [2.05, 4.69) is 75.3 Å². The molecular weight excluding hydrogens is 256 g/mol. The molecule has 0 saturated carbocycles. The summed E-state index contributed by atoms with van der Waals surface area (Å²) in [6.45, 7) is 11.7. The first-order valence-electron chi connectivity index (χ1n) is 7.77. The zero-order chi connectivity index (χ0) is 15.4. The first-order valence-corrected chi connectivity index (χ1v) is 7.77. The van der Waals surface area contributed by atoms with Crippen LogP contribution in [0, 0.1) is 27.7 Å². The molecule has 0 aliphatic heterocycles. The van der Waals surface area contributed by atoms with E-state index in [1.807, 2.05) is 0 Å². The Hall–Kier alpha value is -1.67. The summed E-state index contributed by atoms with van der Waals surface area (Å²) < 4.78 is 0. The molecule has 1 N–H and O–H groups in total. The SMILES string of the molecule is CCCNC(c1cc(C)nc(C)c1)c1cccc(C)c1C. The van der Waals surface area contributed by atoms with Crippen LogP contribution in [0.1, 0.15) is 53.0 Å². The van der Waals surface area contributed by atoms with Crippen molar-refractivity contribution in [2.24, 2.45) is 0 Å². The van der Waals surface area contributed by atoms with Gasteiger partial charge in [-0.3, -0.25) is 4.98 Å². The zero-order valence-corrected chi connectivity index (χ0v) is 13.8. The van der Waals surface area contributed by atoms with Crippen molar-refractivity contribution < 1.29 is 0 Å². The van der Waals surface area contributed by atoms with Gasteiger partial charge in [0.05, 0.1) is 6.04 Å². The van der Waals surface area contributed by atoms with Crippen molar-refractivity contribution >= 4 is 0 Å². The normalized spacial score (nSPS) is 12.4. The molecule has 0 bridgehead atoms. The monoisotopic (exact) mass is 282 g/mol. The summed E-state index contributed by atoms with van der Waals surface area (Å²) in [6.07, 6.45) is 1.13. The number of hydrogen-bond donors (Lipinski definition) is 1. The Morgan fingerprint density at radius 3 is 2.33 bits per heavy atom. The van der Waals surface area contributed by atoms with Crippen LogP contribution in [0.15, 0.2) is 30.3 Å². The maximum absolute atomic E-state index is 4.50. The number of rotatable bonds is 5. The van der Waals surface area contributed by atoms with Crippen LogP contribution in [0.3, 0.4) is 0 Å². The van der Waals surface area contributed by atoms with Gasteiger partial charge in [-0.25, -0.2) is 0 Å². The van der Waals surface area contributed by atoms with Gasteiger partial charge in [0.2, 0.25) is 0 Å². The molecule has 1 aromatic heterocycles. The topological polar surface area (TPSA) is 24.9 Å². The molecule has 0 fully saturated rings. The van der Waals surface area contributed by atoms with Crippen LogP contribution in [0.2, 0.25) is 0 Å². The van der Waals surface area contributed by atoms with E-state index < -0.39 is 0 Å². The highest BCUT2D eigenvalue weighted by Gasteiger charge is 2.17. The van der Waals surface area contributed by atoms with Gasteiger partial charge >= 0.3 is 0 Å². The third-order valence-corrected chi connectivity index (χ3v) is 3.99. The van der Waals surface area contributed by atoms with E-state index in [0.29, 0.717) is 0 Å². The van der Waals surface area contributed by atoms with Gasteiger partial charge < -0.3 is 5.32 Å². The summed E-state index contributed by atoms with van der Waals surface area (Å²) in [4.78, 5) is 4.50. The highest BCUT2D eigenvalue weighted by molar-refractivity contribution is 5.41. The molecule has 2 rings (SSSR count). The Morgan fingerprint density at radius 1 is 1.05 bits per heavy atom. The molecule has 1 heterocycles. The van der Waals surface area contributed by atoms with Crippen LogP contribution in [0.5, 0.6) is 0 Å². The maximum Gasteiger partial charge on any atom is 0.0580 e. The van der Waals surface area contributed by atoms with Crippen molar-refractivity contribution in [2.75, 3.05) is 6.54 Å². The number of nitrogens with one attached hydrogen (secondary N) is 1. The smallest absolute Gasteiger partial charge is 0.0580 e. The van der Waals surface area contributed by atoms with Gasteiger partial charge in [0, 0.05) is 11.4 Å². The summed E-state index contributed by atoms with van der Waals surface area (Å²) >= 11 is 0. The van der Waals surface area contributed by atoms with Crippen molar-refractivity contribution in [3.8, 4) is 0 Å². The molecule has 0 spiro atoms. The fourth-order valence-corrected chi connectivity index (χ4v) is 2.82. The van der Waals surface area contributed by atoms with E-state index in [1.54, 1.807) is 0 Å². The molecule has 1 atom stereocenters. The first kappa shape index (κ1) is 15.7. The highest BCUT2D eigenvalue weighted by atomic mass is 14.9. The second-order valence-electron chi connectivity index (χ2n) is 5.86. The number of pyridine rings is 1. The van der Waals surface area contributed by atoms with Crippen LogP contribution in [-0.4, -0.2) is 11.5 Å². The zero-order valence-electron chi connectivity index (χ0n) is 13.8. The molecule has 21 heavy (non-hydrogen) atoms. The fourth-order valence-electron chi connectivity index (χ4n) is 2.82. The van der Waals surface area contributed by atoms with E-state index in [1.165, 1.54) is 22.3 Å². The lowest BCUT2D eigenvalue weighted by Gasteiger charge is -2.23. The minimum Gasteiger partial charge on any atom is -0.306 e. The minimum absolute atomic E-state index is 0.241. The molecule has 2 aromatic rings. The molecule has 1 unspecified atom stereocenters. The van der Waals surface area contributed by atoms with Crippen LogP contribution < -0.4 is 5.32 Å². The molecule has 0 radical (unpaired) electrons. The Morgan fingerprint density at radius 2 is 1.71 bits per heavy atom. The lowest BCUT2D eigenvalue weighted by molar-refractivity contribution is 0.594. The maximum atomic E-state index is 4.50. The summed E-state index contributed by atoms with van der Waals surface area (Å²) in [6, 6.07) is 11.2.